The lowest BCUT2D eigenvalue weighted by Crippen LogP contribution is -2.31. The Balaban J connectivity index is 2.14. The summed E-state index contributed by atoms with van der Waals surface area (Å²) < 4.78 is 0. The lowest BCUT2D eigenvalue weighted by Gasteiger charge is -2.07. The molecule has 5 heteroatoms. The minimum atomic E-state index is -0.488. The van der Waals surface area contributed by atoms with Gasteiger partial charge in [0.05, 0.1) is 12.6 Å². The zero-order valence-electron chi connectivity index (χ0n) is 13.0. The van der Waals surface area contributed by atoms with Crippen LogP contribution < -0.4 is 10.7 Å². The van der Waals surface area contributed by atoms with Gasteiger partial charge in [0.2, 0.25) is 0 Å². The number of nitrogens with one attached hydrogen (secondary N) is 2. The van der Waals surface area contributed by atoms with Gasteiger partial charge in [-0.25, -0.2) is 0 Å². The fraction of sp³-hybridized carbons (Fsp3) is 0.167. The number of H-pyrrole nitrogens is 1. The summed E-state index contributed by atoms with van der Waals surface area (Å²) in [6, 6.07) is 12.8. The molecule has 0 aliphatic carbocycles. The number of amides is 1. The van der Waals surface area contributed by atoms with Crippen molar-refractivity contribution in [2.24, 2.45) is 0 Å². The highest BCUT2D eigenvalue weighted by Gasteiger charge is 2.14. The lowest BCUT2D eigenvalue weighted by atomic mass is 10.1. The van der Waals surface area contributed by atoms with Crippen LogP contribution in [0.4, 0.5) is 0 Å². The highest BCUT2D eigenvalue weighted by Crippen LogP contribution is 2.06. The van der Waals surface area contributed by atoms with Crippen LogP contribution in [0.25, 0.3) is 6.08 Å². The van der Waals surface area contributed by atoms with E-state index in [-0.39, 0.29) is 17.5 Å². The molecular formula is C18H17N3O2. The Morgan fingerprint density at radius 1 is 1.30 bits per heavy atom. The number of carbonyl (C=O) groups excluding carboxylic acids is 1. The number of aromatic amines is 1. The van der Waals surface area contributed by atoms with Crippen molar-refractivity contribution in [2.45, 2.75) is 13.8 Å². The van der Waals surface area contributed by atoms with Crippen molar-refractivity contribution < 1.29 is 4.79 Å². The van der Waals surface area contributed by atoms with Crippen LogP contribution in [-0.4, -0.2) is 17.4 Å². The fourth-order valence-corrected chi connectivity index (χ4v) is 2.27. The van der Waals surface area contributed by atoms with Gasteiger partial charge in [0.1, 0.15) is 5.56 Å². The lowest BCUT2D eigenvalue weighted by molar-refractivity contribution is 0.0955. The van der Waals surface area contributed by atoms with Gasteiger partial charge in [-0.15, -0.1) is 0 Å². The van der Waals surface area contributed by atoms with Gasteiger partial charge in [-0.3, -0.25) is 9.59 Å². The summed E-state index contributed by atoms with van der Waals surface area (Å²) in [4.78, 5) is 27.1. The number of aryl methyl sites for hydroxylation is 2. The molecule has 0 aliphatic rings. The predicted molar refractivity (Wildman–Crippen MR) is 88.9 cm³/mol. The molecule has 0 atom stereocenters. The highest BCUT2D eigenvalue weighted by atomic mass is 16.2. The highest BCUT2D eigenvalue weighted by molar-refractivity contribution is 5.95. The smallest absolute Gasteiger partial charge is 0.257 e. The minimum Gasteiger partial charge on any atom is -0.362 e. The quantitative estimate of drug-likeness (QED) is 0.850. The van der Waals surface area contributed by atoms with Gasteiger partial charge in [0.15, 0.2) is 5.43 Å². The number of nitrogens with zero attached hydrogens (tertiary/aromatic N) is 1. The molecule has 5 nitrogen and oxygen atoms in total. The summed E-state index contributed by atoms with van der Waals surface area (Å²) in [7, 11) is 0. The summed E-state index contributed by atoms with van der Waals surface area (Å²) in [5, 5.41) is 11.8. The zero-order valence-corrected chi connectivity index (χ0v) is 13.0. The van der Waals surface area contributed by atoms with Gasteiger partial charge in [-0.05, 0) is 25.5 Å². The summed E-state index contributed by atoms with van der Waals surface area (Å²) in [5.41, 5.74) is 2.24. The molecule has 0 bridgehead atoms. The summed E-state index contributed by atoms with van der Waals surface area (Å²) in [6.07, 6.45) is 1.70. The van der Waals surface area contributed by atoms with Crippen molar-refractivity contribution in [2.75, 3.05) is 6.54 Å². The predicted octanol–water partition coefficient (Wildman–Crippen LogP) is 2.33. The van der Waals surface area contributed by atoms with Gasteiger partial charge in [0, 0.05) is 23.0 Å². The largest absolute Gasteiger partial charge is 0.362 e. The topological polar surface area (TPSA) is 85.8 Å². The van der Waals surface area contributed by atoms with E-state index in [4.69, 9.17) is 0 Å². The molecule has 2 N–H and O–H groups in total. The van der Waals surface area contributed by atoms with Crippen molar-refractivity contribution in [1.29, 1.82) is 5.26 Å². The van der Waals surface area contributed by atoms with Crippen LogP contribution in [-0.2, 0) is 0 Å². The Kier molecular flexibility index (Phi) is 5.11. The molecular weight excluding hydrogens is 290 g/mol. The Labute approximate surface area is 134 Å². The van der Waals surface area contributed by atoms with E-state index in [1.54, 1.807) is 19.9 Å². The third kappa shape index (κ3) is 4.17. The average Bonchev–Trinajstić information content (AvgIpc) is 2.51. The van der Waals surface area contributed by atoms with E-state index in [0.29, 0.717) is 17.0 Å². The van der Waals surface area contributed by atoms with Crippen LogP contribution in [0.2, 0.25) is 0 Å². The number of nitriles is 1. The molecule has 0 saturated heterocycles. The van der Waals surface area contributed by atoms with Crippen molar-refractivity contribution in [3.63, 3.8) is 0 Å². The molecule has 0 unspecified atom stereocenters. The maximum atomic E-state index is 12.2. The Morgan fingerprint density at radius 2 is 2.00 bits per heavy atom. The molecule has 0 radical (unpaired) electrons. The van der Waals surface area contributed by atoms with Crippen molar-refractivity contribution in [1.82, 2.24) is 10.3 Å². The van der Waals surface area contributed by atoms with E-state index >= 15 is 0 Å². The summed E-state index contributed by atoms with van der Waals surface area (Å²) >= 11 is 0. The Morgan fingerprint density at radius 3 is 2.61 bits per heavy atom. The molecule has 116 valence electrons. The second-order valence-electron chi connectivity index (χ2n) is 5.19. The molecule has 23 heavy (non-hydrogen) atoms. The first-order chi connectivity index (χ1) is 11.0. The molecule has 1 amide bonds. The normalized spacial score (nSPS) is 10.9. The van der Waals surface area contributed by atoms with Crippen LogP contribution in [0.15, 0.2) is 46.8 Å². The van der Waals surface area contributed by atoms with Gasteiger partial charge in [-0.1, -0.05) is 30.3 Å². The second kappa shape index (κ2) is 7.23. The van der Waals surface area contributed by atoms with Crippen molar-refractivity contribution in [3.8, 4) is 6.07 Å². The molecule has 0 saturated carbocycles. The van der Waals surface area contributed by atoms with E-state index in [1.165, 1.54) is 6.07 Å². The number of carbonyl (C=O) groups is 1. The van der Waals surface area contributed by atoms with Gasteiger partial charge < -0.3 is 10.3 Å². The third-order valence-electron chi connectivity index (χ3n) is 3.30. The standard InChI is InChI=1S/C18H17N3O2/c1-12-8-16(22)17(13(2)21-12)18(23)20-11-15(10-19)9-14-6-4-3-5-7-14/h3-9H,11H2,1-2H3,(H,20,23)(H,21,22). The molecule has 0 spiro atoms. The number of pyridine rings is 1. The molecule has 2 aromatic rings. The van der Waals surface area contributed by atoms with E-state index in [1.807, 2.05) is 30.3 Å². The zero-order chi connectivity index (χ0) is 16.8. The number of hydrogen-bond donors (Lipinski definition) is 2. The van der Waals surface area contributed by atoms with E-state index in [2.05, 4.69) is 16.4 Å². The third-order valence-corrected chi connectivity index (χ3v) is 3.30. The summed E-state index contributed by atoms with van der Waals surface area (Å²) in [6.45, 7) is 3.50. The van der Waals surface area contributed by atoms with Crippen LogP contribution in [0.5, 0.6) is 0 Å². The van der Waals surface area contributed by atoms with Gasteiger partial charge in [-0.2, -0.15) is 5.26 Å². The first-order valence-electron chi connectivity index (χ1n) is 7.15. The second-order valence-corrected chi connectivity index (χ2v) is 5.19. The number of hydrogen-bond acceptors (Lipinski definition) is 3. The van der Waals surface area contributed by atoms with Crippen LogP contribution in [0, 0.1) is 25.2 Å². The molecule has 1 aromatic carbocycles. The molecule has 0 fully saturated rings. The molecule has 2 rings (SSSR count). The molecule has 1 heterocycles. The van der Waals surface area contributed by atoms with Gasteiger partial charge in [0.25, 0.3) is 5.91 Å². The average molecular weight is 307 g/mol. The van der Waals surface area contributed by atoms with Gasteiger partial charge >= 0.3 is 0 Å². The van der Waals surface area contributed by atoms with E-state index < -0.39 is 5.91 Å². The number of aromatic nitrogens is 1. The van der Waals surface area contributed by atoms with Crippen LogP contribution in [0.3, 0.4) is 0 Å². The number of rotatable bonds is 4. The SMILES string of the molecule is Cc1cc(=O)c(C(=O)NCC(C#N)=Cc2ccccc2)c(C)[nH]1. The molecule has 0 aliphatic heterocycles. The maximum Gasteiger partial charge on any atom is 0.257 e. The van der Waals surface area contributed by atoms with Crippen molar-refractivity contribution >= 4 is 12.0 Å². The van der Waals surface area contributed by atoms with E-state index in [0.717, 1.165) is 5.56 Å². The Hall–Kier alpha value is -3.13. The first-order valence-corrected chi connectivity index (χ1v) is 7.15. The van der Waals surface area contributed by atoms with Crippen LogP contribution >= 0.6 is 0 Å². The summed E-state index contributed by atoms with van der Waals surface area (Å²) in [5.74, 6) is -0.488. The monoisotopic (exact) mass is 307 g/mol. The maximum absolute atomic E-state index is 12.2. The van der Waals surface area contributed by atoms with Crippen molar-refractivity contribution in [3.05, 3.63) is 74.7 Å². The molecule has 1 aromatic heterocycles. The first kappa shape index (κ1) is 16.2. The minimum absolute atomic E-state index is 0.0665. The fourth-order valence-electron chi connectivity index (χ4n) is 2.27. The number of benzene rings is 1. The Bertz CT molecular complexity index is 843. The van der Waals surface area contributed by atoms with E-state index in [9.17, 15) is 14.9 Å². The van der Waals surface area contributed by atoms with Crippen LogP contribution in [0.1, 0.15) is 27.3 Å².